The molecule has 2 nitrogen and oxygen atoms in total. The first kappa shape index (κ1) is 12.8. The molecule has 0 amide bonds. The first-order valence-corrected chi connectivity index (χ1v) is 6.54. The van der Waals surface area contributed by atoms with Crippen molar-refractivity contribution in [3.63, 3.8) is 0 Å². The fourth-order valence-electron chi connectivity index (χ4n) is 1.74. The number of hydrogen-bond acceptors (Lipinski definition) is 2. The van der Waals surface area contributed by atoms with Crippen LogP contribution in [0.3, 0.4) is 0 Å². The molecule has 0 saturated carbocycles. The molecule has 0 aromatic rings. The van der Waals surface area contributed by atoms with Crippen molar-refractivity contribution in [2.45, 2.75) is 26.7 Å². The zero-order valence-electron chi connectivity index (χ0n) is 8.98. The van der Waals surface area contributed by atoms with E-state index in [0.29, 0.717) is 0 Å². The standard InChI is InChI=1S/C11H14Br2N2/c1-8(11(12)13)10(7-14)9(2)15-5-3-4-6-15/h3-6H2,1-2H3/b10-9+. The Labute approximate surface area is 108 Å². The number of likely N-dealkylation sites (tertiary alicyclic amines) is 1. The van der Waals surface area contributed by atoms with Crippen molar-refractivity contribution in [2.24, 2.45) is 0 Å². The van der Waals surface area contributed by atoms with Crippen molar-refractivity contribution in [2.75, 3.05) is 13.1 Å². The van der Waals surface area contributed by atoms with Crippen molar-refractivity contribution < 1.29 is 0 Å². The zero-order chi connectivity index (χ0) is 11.4. The number of allylic oxidation sites excluding steroid dienone is 3. The lowest BCUT2D eigenvalue weighted by Gasteiger charge is -2.20. The Morgan fingerprint density at radius 2 is 1.73 bits per heavy atom. The Hall–Kier alpha value is -0.270. The van der Waals surface area contributed by atoms with Gasteiger partial charge in [-0.2, -0.15) is 5.26 Å². The fourth-order valence-corrected chi connectivity index (χ4v) is 2.14. The van der Waals surface area contributed by atoms with Crippen molar-refractivity contribution in [1.29, 1.82) is 5.26 Å². The molecule has 1 rings (SSSR count). The lowest BCUT2D eigenvalue weighted by atomic mass is 10.1. The van der Waals surface area contributed by atoms with Crippen LogP contribution in [-0.2, 0) is 0 Å². The van der Waals surface area contributed by atoms with Gasteiger partial charge in [-0.3, -0.25) is 0 Å². The first-order chi connectivity index (χ1) is 7.07. The zero-order valence-corrected chi connectivity index (χ0v) is 12.2. The largest absolute Gasteiger partial charge is 0.374 e. The number of halogens is 2. The predicted molar refractivity (Wildman–Crippen MR) is 69.7 cm³/mol. The van der Waals surface area contributed by atoms with Gasteiger partial charge in [0.05, 0.1) is 8.96 Å². The molecule has 0 aromatic carbocycles. The minimum absolute atomic E-state index is 0.764. The first-order valence-electron chi connectivity index (χ1n) is 4.96. The van der Waals surface area contributed by atoms with E-state index in [1.165, 1.54) is 12.8 Å². The van der Waals surface area contributed by atoms with Gasteiger partial charge in [-0.15, -0.1) is 0 Å². The molecule has 0 N–H and O–H groups in total. The summed E-state index contributed by atoms with van der Waals surface area (Å²) in [6, 6.07) is 2.28. The van der Waals surface area contributed by atoms with Crippen LogP contribution in [0, 0.1) is 11.3 Å². The minimum Gasteiger partial charge on any atom is -0.374 e. The molecule has 1 saturated heterocycles. The summed E-state index contributed by atoms with van der Waals surface area (Å²) in [6.45, 7) is 6.11. The molecule has 15 heavy (non-hydrogen) atoms. The topological polar surface area (TPSA) is 27.0 Å². The molecule has 1 aliphatic heterocycles. The van der Waals surface area contributed by atoms with Crippen LogP contribution < -0.4 is 0 Å². The number of nitriles is 1. The summed E-state index contributed by atoms with van der Waals surface area (Å²) in [4.78, 5) is 2.28. The van der Waals surface area contributed by atoms with E-state index in [1.807, 2.05) is 13.8 Å². The highest BCUT2D eigenvalue weighted by Crippen LogP contribution is 2.28. The van der Waals surface area contributed by atoms with Crippen LogP contribution in [0.1, 0.15) is 26.7 Å². The van der Waals surface area contributed by atoms with Crippen LogP contribution in [0.2, 0.25) is 0 Å². The van der Waals surface area contributed by atoms with E-state index in [-0.39, 0.29) is 0 Å². The van der Waals surface area contributed by atoms with Crippen LogP contribution in [0.25, 0.3) is 0 Å². The van der Waals surface area contributed by atoms with E-state index in [4.69, 9.17) is 5.26 Å². The Kier molecular flexibility index (Phi) is 4.88. The van der Waals surface area contributed by atoms with Gasteiger partial charge in [-0.1, -0.05) is 0 Å². The smallest absolute Gasteiger partial charge is 0.101 e. The normalized spacial score (nSPS) is 17.1. The molecule has 1 fully saturated rings. The molecule has 0 radical (unpaired) electrons. The average Bonchev–Trinajstić information content (AvgIpc) is 2.71. The molecule has 0 aliphatic carbocycles. The van der Waals surface area contributed by atoms with Gasteiger partial charge in [0.15, 0.2) is 0 Å². The Morgan fingerprint density at radius 1 is 1.20 bits per heavy atom. The highest BCUT2D eigenvalue weighted by Gasteiger charge is 2.16. The van der Waals surface area contributed by atoms with Crippen molar-refractivity contribution in [1.82, 2.24) is 4.90 Å². The van der Waals surface area contributed by atoms with Crippen molar-refractivity contribution >= 4 is 31.9 Å². The molecular formula is C11H14Br2N2. The highest BCUT2D eigenvalue weighted by molar-refractivity contribution is 9.28. The maximum atomic E-state index is 9.17. The minimum atomic E-state index is 0.764. The third-order valence-corrected chi connectivity index (χ3v) is 3.90. The summed E-state index contributed by atoms with van der Waals surface area (Å²) >= 11 is 6.70. The highest BCUT2D eigenvalue weighted by atomic mass is 79.9. The average molecular weight is 334 g/mol. The van der Waals surface area contributed by atoms with Gasteiger partial charge in [-0.05, 0) is 64.1 Å². The molecule has 1 heterocycles. The van der Waals surface area contributed by atoms with E-state index in [9.17, 15) is 0 Å². The number of hydrogen-bond donors (Lipinski definition) is 0. The van der Waals surface area contributed by atoms with E-state index in [0.717, 1.165) is 33.3 Å². The summed E-state index contributed by atoms with van der Waals surface area (Å²) in [5.41, 5.74) is 2.81. The predicted octanol–water partition coefficient (Wildman–Crippen LogP) is 3.90. The second-order valence-electron chi connectivity index (χ2n) is 3.65. The van der Waals surface area contributed by atoms with Crippen LogP contribution in [0.15, 0.2) is 20.2 Å². The van der Waals surface area contributed by atoms with Crippen LogP contribution in [0.5, 0.6) is 0 Å². The molecule has 0 aromatic heterocycles. The van der Waals surface area contributed by atoms with E-state index >= 15 is 0 Å². The van der Waals surface area contributed by atoms with Gasteiger partial charge in [-0.25, -0.2) is 0 Å². The molecule has 82 valence electrons. The second-order valence-corrected chi connectivity index (χ2v) is 6.30. The van der Waals surface area contributed by atoms with Gasteiger partial charge in [0.25, 0.3) is 0 Å². The molecular weight excluding hydrogens is 320 g/mol. The Balaban J connectivity index is 3.03. The molecule has 1 aliphatic rings. The van der Waals surface area contributed by atoms with E-state index in [2.05, 4.69) is 42.8 Å². The molecule has 0 unspecified atom stereocenters. The Morgan fingerprint density at radius 3 is 2.13 bits per heavy atom. The van der Waals surface area contributed by atoms with Gasteiger partial charge < -0.3 is 4.90 Å². The summed E-state index contributed by atoms with van der Waals surface area (Å²) < 4.78 is 0.852. The van der Waals surface area contributed by atoms with E-state index in [1.54, 1.807) is 0 Å². The lowest BCUT2D eigenvalue weighted by Crippen LogP contribution is -2.18. The number of nitrogens with zero attached hydrogens (tertiary/aromatic N) is 2. The Bertz CT molecular complexity index is 340. The van der Waals surface area contributed by atoms with Crippen molar-refractivity contribution in [3.05, 3.63) is 20.2 Å². The summed E-state index contributed by atoms with van der Waals surface area (Å²) in [7, 11) is 0. The lowest BCUT2D eigenvalue weighted by molar-refractivity contribution is 0.425. The molecule has 0 atom stereocenters. The number of rotatable bonds is 2. The SMILES string of the molecule is CC(=C(Br)Br)/C(C#N)=C(\C)N1CCCC1. The molecule has 0 bridgehead atoms. The van der Waals surface area contributed by atoms with Gasteiger partial charge in [0.1, 0.15) is 6.07 Å². The molecule has 0 spiro atoms. The van der Waals surface area contributed by atoms with Crippen molar-refractivity contribution in [3.8, 4) is 6.07 Å². The maximum absolute atomic E-state index is 9.17. The van der Waals surface area contributed by atoms with Gasteiger partial charge in [0, 0.05) is 18.8 Å². The van der Waals surface area contributed by atoms with Crippen LogP contribution in [-0.4, -0.2) is 18.0 Å². The second kappa shape index (κ2) is 5.72. The van der Waals surface area contributed by atoms with Crippen LogP contribution in [0.4, 0.5) is 0 Å². The van der Waals surface area contributed by atoms with Gasteiger partial charge >= 0.3 is 0 Å². The fraction of sp³-hybridized carbons (Fsp3) is 0.545. The molecule has 4 heteroatoms. The third kappa shape index (κ3) is 3.09. The van der Waals surface area contributed by atoms with E-state index < -0.39 is 0 Å². The quantitative estimate of drug-likeness (QED) is 0.566. The summed E-state index contributed by atoms with van der Waals surface area (Å²) in [5.74, 6) is 0. The monoisotopic (exact) mass is 332 g/mol. The summed E-state index contributed by atoms with van der Waals surface area (Å²) in [5, 5.41) is 9.17. The van der Waals surface area contributed by atoms with Crippen LogP contribution >= 0.6 is 31.9 Å². The van der Waals surface area contributed by atoms with Gasteiger partial charge in [0.2, 0.25) is 0 Å². The maximum Gasteiger partial charge on any atom is 0.101 e. The summed E-state index contributed by atoms with van der Waals surface area (Å²) in [6.07, 6.45) is 2.46. The third-order valence-electron chi connectivity index (χ3n) is 2.71.